The molecule has 0 aliphatic carbocycles. The summed E-state index contributed by atoms with van der Waals surface area (Å²) in [6, 6.07) is 33.3. The van der Waals surface area contributed by atoms with E-state index in [-0.39, 0.29) is 0 Å². The second kappa shape index (κ2) is 11.6. The number of aliphatic imine (C=N–C) groups is 1. The Hall–Kier alpha value is -5.04. The zero-order chi connectivity index (χ0) is 25.3. The van der Waals surface area contributed by atoms with Crippen molar-refractivity contribution in [3.05, 3.63) is 127 Å². The molecule has 3 aromatic carbocycles. The molecule has 0 atom stereocenters. The molecule has 5 aromatic rings. The minimum atomic E-state index is 0.526. The van der Waals surface area contributed by atoms with Crippen LogP contribution in [0.4, 0.5) is 5.69 Å². The Morgan fingerprint density at radius 1 is 0.892 bits per heavy atom. The van der Waals surface area contributed by atoms with E-state index < -0.39 is 0 Å². The fourth-order valence-electron chi connectivity index (χ4n) is 3.73. The van der Waals surface area contributed by atoms with Gasteiger partial charge in [0.25, 0.3) is 0 Å². The monoisotopic (exact) mass is 486 g/mol. The average molecular weight is 487 g/mol. The SMILES string of the molecule is CCOc1ccc(N=C(NN=Cc2cn(-c3ccccc3)nc2-c2ccccc2)c2ccccn2)cc1. The molecule has 7 heteroatoms. The number of pyridine rings is 1. The van der Waals surface area contributed by atoms with Crippen LogP contribution in [0, 0.1) is 0 Å². The van der Waals surface area contributed by atoms with Gasteiger partial charge >= 0.3 is 0 Å². The van der Waals surface area contributed by atoms with E-state index in [1.807, 2.05) is 121 Å². The number of hydrazone groups is 1. The molecule has 0 bridgehead atoms. The molecule has 182 valence electrons. The number of hydrogen-bond acceptors (Lipinski definition) is 5. The highest BCUT2D eigenvalue weighted by atomic mass is 16.5. The van der Waals surface area contributed by atoms with Crippen LogP contribution >= 0.6 is 0 Å². The summed E-state index contributed by atoms with van der Waals surface area (Å²) < 4.78 is 7.40. The Kier molecular flexibility index (Phi) is 7.42. The third kappa shape index (κ3) is 5.97. The molecule has 0 radical (unpaired) electrons. The highest BCUT2D eigenvalue weighted by Gasteiger charge is 2.11. The maximum Gasteiger partial charge on any atom is 0.172 e. The molecule has 0 spiro atoms. The number of hydrogen-bond donors (Lipinski definition) is 1. The molecule has 0 fully saturated rings. The fourth-order valence-corrected chi connectivity index (χ4v) is 3.73. The summed E-state index contributed by atoms with van der Waals surface area (Å²) in [5.74, 6) is 1.33. The predicted molar refractivity (Wildman–Crippen MR) is 148 cm³/mol. The molecule has 0 amide bonds. The molecule has 0 unspecified atom stereocenters. The second-order valence-corrected chi connectivity index (χ2v) is 8.05. The Labute approximate surface area is 215 Å². The topological polar surface area (TPSA) is 76.7 Å². The van der Waals surface area contributed by atoms with Crippen LogP contribution in [-0.2, 0) is 0 Å². The third-order valence-corrected chi connectivity index (χ3v) is 5.48. The van der Waals surface area contributed by atoms with Gasteiger partial charge in [0.1, 0.15) is 17.1 Å². The number of benzene rings is 3. The number of ether oxygens (including phenoxy) is 1. The number of aromatic nitrogens is 3. The third-order valence-electron chi connectivity index (χ3n) is 5.48. The zero-order valence-electron chi connectivity index (χ0n) is 20.4. The summed E-state index contributed by atoms with van der Waals surface area (Å²) in [5, 5.41) is 9.37. The molecule has 0 saturated carbocycles. The van der Waals surface area contributed by atoms with Gasteiger partial charge in [-0.05, 0) is 55.5 Å². The Bertz CT molecular complexity index is 1480. The van der Waals surface area contributed by atoms with Crippen LogP contribution in [0.15, 0.2) is 126 Å². The van der Waals surface area contributed by atoms with E-state index in [0.29, 0.717) is 18.1 Å². The lowest BCUT2D eigenvalue weighted by molar-refractivity contribution is 0.340. The van der Waals surface area contributed by atoms with Gasteiger partial charge in [-0.25, -0.2) is 9.67 Å². The first-order valence-electron chi connectivity index (χ1n) is 12.0. The van der Waals surface area contributed by atoms with Crippen LogP contribution in [0.25, 0.3) is 16.9 Å². The van der Waals surface area contributed by atoms with E-state index in [9.17, 15) is 0 Å². The van der Waals surface area contributed by atoms with Gasteiger partial charge in [0.05, 0.1) is 24.2 Å². The van der Waals surface area contributed by atoms with Crippen molar-refractivity contribution in [2.75, 3.05) is 6.61 Å². The molecule has 2 heterocycles. The van der Waals surface area contributed by atoms with Crippen molar-refractivity contribution < 1.29 is 4.74 Å². The first-order valence-corrected chi connectivity index (χ1v) is 12.0. The summed E-state index contributed by atoms with van der Waals surface area (Å²) in [7, 11) is 0. The lowest BCUT2D eigenvalue weighted by Crippen LogP contribution is -2.20. The van der Waals surface area contributed by atoms with E-state index in [1.165, 1.54) is 0 Å². The minimum absolute atomic E-state index is 0.526. The summed E-state index contributed by atoms with van der Waals surface area (Å²) in [6.45, 7) is 2.57. The van der Waals surface area contributed by atoms with Gasteiger partial charge in [0.2, 0.25) is 0 Å². The molecular weight excluding hydrogens is 460 g/mol. The van der Waals surface area contributed by atoms with E-state index in [2.05, 4.69) is 15.5 Å². The van der Waals surface area contributed by atoms with Crippen molar-refractivity contribution in [3.63, 3.8) is 0 Å². The number of nitrogens with zero attached hydrogens (tertiary/aromatic N) is 5. The van der Waals surface area contributed by atoms with Gasteiger partial charge in [0, 0.05) is 23.5 Å². The summed E-state index contributed by atoms with van der Waals surface area (Å²) in [6.07, 6.45) is 5.45. The van der Waals surface area contributed by atoms with Crippen LogP contribution in [-0.4, -0.2) is 33.4 Å². The number of nitrogens with one attached hydrogen (secondary N) is 1. The van der Waals surface area contributed by atoms with Crippen LogP contribution in [0.3, 0.4) is 0 Å². The minimum Gasteiger partial charge on any atom is -0.494 e. The van der Waals surface area contributed by atoms with E-state index in [0.717, 1.165) is 33.9 Å². The smallest absolute Gasteiger partial charge is 0.172 e. The predicted octanol–water partition coefficient (Wildman–Crippen LogP) is 6.04. The van der Waals surface area contributed by atoms with Crippen molar-refractivity contribution in [2.24, 2.45) is 10.1 Å². The maximum absolute atomic E-state index is 5.54. The molecule has 7 nitrogen and oxygen atoms in total. The van der Waals surface area contributed by atoms with Crippen LogP contribution in [0.1, 0.15) is 18.2 Å². The van der Waals surface area contributed by atoms with Crippen molar-refractivity contribution in [1.29, 1.82) is 0 Å². The van der Waals surface area contributed by atoms with E-state index >= 15 is 0 Å². The van der Waals surface area contributed by atoms with Crippen molar-refractivity contribution in [3.8, 4) is 22.7 Å². The standard InChI is InChI=1S/C30H26N6O/c1-2-37-27-18-16-25(17-19-27)33-30(28-15-9-10-20-31-28)34-32-21-24-22-36(26-13-7-4-8-14-26)35-29(24)23-11-5-3-6-12-23/h3-22H,2H2,1H3,(H,33,34). The first kappa shape index (κ1) is 23.7. The van der Waals surface area contributed by atoms with E-state index in [1.54, 1.807) is 12.4 Å². The van der Waals surface area contributed by atoms with Crippen LogP contribution in [0.2, 0.25) is 0 Å². The molecule has 0 saturated heterocycles. The molecule has 1 N–H and O–H groups in total. The largest absolute Gasteiger partial charge is 0.494 e. The summed E-state index contributed by atoms with van der Waals surface area (Å²) in [5.41, 5.74) is 8.20. The average Bonchev–Trinajstić information content (AvgIpc) is 3.39. The van der Waals surface area contributed by atoms with Crippen LogP contribution in [0.5, 0.6) is 5.75 Å². The number of amidine groups is 1. The van der Waals surface area contributed by atoms with Gasteiger partial charge in [-0.3, -0.25) is 10.4 Å². The highest BCUT2D eigenvalue weighted by Crippen LogP contribution is 2.23. The number of para-hydroxylation sites is 1. The summed E-state index contributed by atoms with van der Waals surface area (Å²) in [4.78, 5) is 9.20. The Balaban J connectivity index is 1.46. The quantitative estimate of drug-likeness (QED) is 0.165. The molecule has 0 aliphatic heterocycles. The maximum atomic E-state index is 5.54. The van der Waals surface area contributed by atoms with Gasteiger partial charge < -0.3 is 4.74 Å². The first-order chi connectivity index (χ1) is 18.3. The molecular formula is C30H26N6O. The van der Waals surface area contributed by atoms with Crippen molar-refractivity contribution in [1.82, 2.24) is 20.2 Å². The lowest BCUT2D eigenvalue weighted by Gasteiger charge is -2.06. The van der Waals surface area contributed by atoms with Gasteiger partial charge in [0.15, 0.2) is 5.84 Å². The zero-order valence-corrected chi connectivity index (χ0v) is 20.4. The molecule has 5 rings (SSSR count). The van der Waals surface area contributed by atoms with Crippen molar-refractivity contribution in [2.45, 2.75) is 6.92 Å². The van der Waals surface area contributed by atoms with Crippen LogP contribution < -0.4 is 10.2 Å². The highest BCUT2D eigenvalue weighted by molar-refractivity contribution is 5.99. The second-order valence-electron chi connectivity index (χ2n) is 8.05. The molecule has 37 heavy (non-hydrogen) atoms. The molecule has 0 aliphatic rings. The van der Waals surface area contributed by atoms with Gasteiger partial charge in [-0.1, -0.05) is 54.6 Å². The van der Waals surface area contributed by atoms with Crippen molar-refractivity contribution >= 4 is 17.7 Å². The normalized spacial score (nSPS) is 11.5. The van der Waals surface area contributed by atoms with Gasteiger partial charge in [-0.2, -0.15) is 10.2 Å². The Morgan fingerprint density at radius 2 is 1.62 bits per heavy atom. The van der Waals surface area contributed by atoms with Gasteiger partial charge in [-0.15, -0.1) is 0 Å². The lowest BCUT2D eigenvalue weighted by atomic mass is 10.1. The fraction of sp³-hybridized carbons (Fsp3) is 0.0667. The number of rotatable bonds is 8. The molecule has 2 aromatic heterocycles. The van der Waals surface area contributed by atoms with E-state index in [4.69, 9.17) is 14.8 Å². The summed E-state index contributed by atoms with van der Waals surface area (Å²) >= 11 is 0. The Morgan fingerprint density at radius 3 is 2.32 bits per heavy atom.